The van der Waals surface area contributed by atoms with Crippen LogP contribution in [0.4, 0.5) is 0 Å². The first kappa shape index (κ1) is 16.5. The van der Waals surface area contributed by atoms with Gasteiger partial charge in [0.2, 0.25) is 0 Å². The molecule has 0 amide bonds. The highest BCUT2D eigenvalue weighted by atomic mass is 16.5. The van der Waals surface area contributed by atoms with E-state index in [1.807, 2.05) is 6.92 Å². The van der Waals surface area contributed by atoms with E-state index >= 15 is 0 Å². The van der Waals surface area contributed by atoms with Crippen molar-refractivity contribution in [2.75, 3.05) is 19.7 Å². The molecule has 1 fully saturated rings. The van der Waals surface area contributed by atoms with E-state index in [0.29, 0.717) is 13.0 Å². The third kappa shape index (κ3) is 4.20. The lowest BCUT2D eigenvalue weighted by atomic mass is 9.73. The van der Waals surface area contributed by atoms with Gasteiger partial charge < -0.3 is 4.74 Å². The normalized spacial score (nSPS) is 27.5. The minimum Gasteiger partial charge on any atom is -0.466 e. The van der Waals surface area contributed by atoms with Crippen LogP contribution in [0.1, 0.15) is 66.2 Å². The van der Waals surface area contributed by atoms with Gasteiger partial charge in [0.25, 0.3) is 0 Å². The standard InChI is InChI=1S/C16H31NO2/c1-5-14-9-11-16(12-10-14,17(6-2)7-3)13-15(18)19-8-4/h14H,5-13H2,1-4H3. The molecule has 1 rings (SSSR count). The number of carbonyl (C=O) groups is 1. The highest BCUT2D eigenvalue weighted by Crippen LogP contribution is 2.40. The van der Waals surface area contributed by atoms with Crippen LogP contribution in [0.2, 0.25) is 0 Å². The highest BCUT2D eigenvalue weighted by molar-refractivity contribution is 5.71. The Bertz CT molecular complexity index is 266. The number of ether oxygens (including phenoxy) is 1. The van der Waals surface area contributed by atoms with Gasteiger partial charge in [-0.25, -0.2) is 0 Å². The van der Waals surface area contributed by atoms with Gasteiger partial charge in [-0.2, -0.15) is 0 Å². The third-order valence-electron chi connectivity index (χ3n) is 4.83. The van der Waals surface area contributed by atoms with E-state index in [2.05, 4.69) is 25.7 Å². The monoisotopic (exact) mass is 269 g/mol. The lowest BCUT2D eigenvalue weighted by molar-refractivity contribution is -0.147. The molecular formula is C16H31NO2. The summed E-state index contributed by atoms with van der Waals surface area (Å²) in [5.74, 6) is 0.829. The van der Waals surface area contributed by atoms with Crippen LogP contribution in [-0.2, 0) is 9.53 Å². The number of hydrogen-bond donors (Lipinski definition) is 0. The summed E-state index contributed by atoms with van der Waals surface area (Å²) in [6.07, 6.45) is 6.64. The zero-order valence-corrected chi connectivity index (χ0v) is 13.2. The molecule has 0 bridgehead atoms. The molecule has 0 spiro atoms. The first-order valence-electron chi connectivity index (χ1n) is 8.02. The van der Waals surface area contributed by atoms with Crippen molar-refractivity contribution in [3.63, 3.8) is 0 Å². The molecule has 0 heterocycles. The Kier molecular flexibility index (Phi) is 6.84. The molecule has 112 valence electrons. The van der Waals surface area contributed by atoms with Crippen molar-refractivity contribution in [1.29, 1.82) is 0 Å². The molecule has 0 aromatic rings. The number of nitrogens with zero attached hydrogens (tertiary/aromatic N) is 1. The predicted molar refractivity (Wildman–Crippen MR) is 79.2 cm³/mol. The second kappa shape index (κ2) is 7.88. The predicted octanol–water partition coefficient (Wildman–Crippen LogP) is 3.62. The summed E-state index contributed by atoms with van der Waals surface area (Å²) < 4.78 is 5.20. The lowest BCUT2D eigenvalue weighted by Crippen LogP contribution is -2.52. The molecule has 0 aliphatic heterocycles. The fourth-order valence-electron chi connectivity index (χ4n) is 3.60. The van der Waals surface area contributed by atoms with Crippen LogP contribution in [0.15, 0.2) is 0 Å². The Hall–Kier alpha value is -0.570. The average Bonchev–Trinajstić information content (AvgIpc) is 2.41. The molecule has 0 saturated heterocycles. The third-order valence-corrected chi connectivity index (χ3v) is 4.83. The van der Waals surface area contributed by atoms with Gasteiger partial charge in [-0.15, -0.1) is 0 Å². The first-order chi connectivity index (χ1) is 9.11. The van der Waals surface area contributed by atoms with Crippen molar-refractivity contribution in [2.45, 2.75) is 71.8 Å². The van der Waals surface area contributed by atoms with Gasteiger partial charge in [-0.1, -0.05) is 27.2 Å². The van der Waals surface area contributed by atoms with Gasteiger partial charge in [0, 0.05) is 5.54 Å². The van der Waals surface area contributed by atoms with E-state index in [1.165, 1.54) is 19.3 Å². The van der Waals surface area contributed by atoms with Crippen LogP contribution in [0.25, 0.3) is 0 Å². The SMILES string of the molecule is CCOC(=O)CC1(N(CC)CC)CCC(CC)CC1. The smallest absolute Gasteiger partial charge is 0.307 e. The van der Waals surface area contributed by atoms with Crippen LogP contribution >= 0.6 is 0 Å². The van der Waals surface area contributed by atoms with Crippen molar-refractivity contribution in [2.24, 2.45) is 5.92 Å². The molecule has 0 unspecified atom stereocenters. The van der Waals surface area contributed by atoms with E-state index in [4.69, 9.17) is 4.74 Å². The fourth-order valence-corrected chi connectivity index (χ4v) is 3.60. The van der Waals surface area contributed by atoms with Crippen molar-refractivity contribution in [3.05, 3.63) is 0 Å². The van der Waals surface area contributed by atoms with Crippen LogP contribution in [0, 0.1) is 5.92 Å². The number of rotatable bonds is 7. The van der Waals surface area contributed by atoms with Crippen LogP contribution in [-0.4, -0.2) is 36.1 Å². The van der Waals surface area contributed by atoms with E-state index in [9.17, 15) is 4.79 Å². The van der Waals surface area contributed by atoms with E-state index in [-0.39, 0.29) is 11.5 Å². The van der Waals surface area contributed by atoms with Gasteiger partial charge >= 0.3 is 5.97 Å². The maximum Gasteiger partial charge on any atom is 0.307 e. The highest BCUT2D eigenvalue weighted by Gasteiger charge is 2.40. The van der Waals surface area contributed by atoms with Gasteiger partial charge in [0.15, 0.2) is 0 Å². The molecule has 19 heavy (non-hydrogen) atoms. The Morgan fingerprint density at radius 2 is 1.74 bits per heavy atom. The summed E-state index contributed by atoms with van der Waals surface area (Å²) >= 11 is 0. The molecule has 0 N–H and O–H groups in total. The van der Waals surface area contributed by atoms with Crippen molar-refractivity contribution < 1.29 is 9.53 Å². The quantitative estimate of drug-likeness (QED) is 0.661. The average molecular weight is 269 g/mol. The van der Waals surface area contributed by atoms with Gasteiger partial charge in [0.1, 0.15) is 0 Å². The molecule has 1 saturated carbocycles. The molecule has 1 aliphatic carbocycles. The zero-order chi connectivity index (χ0) is 14.3. The summed E-state index contributed by atoms with van der Waals surface area (Å²) in [6.45, 7) is 11.1. The fraction of sp³-hybridized carbons (Fsp3) is 0.938. The molecule has 0 aromatic carbocycles. The second-order valence-electron chi connectivity index (χ2n) is 5.73. The maximum absolute atomic E-state index is 12.0. The van der Waals surface area contributed by atoms with E-state index in [1.54, 1.807) is 0 Å². The number of hydrogen-bond acceptors (Lipinski definition) is 3. The summed E-state index contributed by atoms with van der Waals surface area (Å²) in [5, 5.41) is 0. The molecule has 3 heteroatoms. The van der Waals surface area contributed by atoms with Crippen molar-refractivity contribution in [1.82, 2.24) is 4.90 Å². The van der Waals surface area contributed by atoms with Crippen molar-refractivity contribution >= 4 is 5.97 Å². The summed E-state index contributed by atoms with van der Waals surface area (Å²) in [6, 6.07) is 0. The topological polar surface area (TPSA) is 29.5 Å². The summed E-state index contributed by atoms with van der Waals surface area (Å²) in [5.41, 5.74) is 0.0570. The van der Waals surface area contributed by atoms with Crippen LogP contribution in [0.5, 0.6) is 0 Å². The molecule has 0 aromatic heterocycles. The Morgan fingerprint density at radius 1 is 1.16 bits per heavy atom. The molecular weight excluding hydrogens is 238 g/mol. The maximum atomic E-state index is 12.0. The minimum atomic E-state index is -0.0238. The largest absolute Gasteiger partial charge is 0.466 e. The summed E-state index contributed by atoms with van der Waals surface area (Å²) in [4.78, 5) is 14.4. The summed E-state index contributed by atoms with van der Waals surface area (Å²) in [7, 11) is 0. The zero-order valence-electron chi connectivity index (χ0n) is 13.2. The minimum absolute atomic E-state index is 0.0238. The second-order valence-corrected chi connectivity index (χ2v) is 5.73. The molecule has 1 aliphatic rings. The Balaban J connectivity index is 2.76. The molecule has 0 radical (unpaired) electrons. The van der Waals surface area contributed by atoms with Gasteiger partial charge in [-0.3, -0.25) is 9.69 Å². The lowest BCUT2D eigenvalue weighted by Gasteiger charge is -2.47. The number of carbonyl (C=O) groups excluding carboxylic acids is 1. The van der Waals surface area contributed by atoms with E-state index in [0.717, 1.165) is 31.8 Å². The van der Waals surface area contributed by atoms with Crippen LogP contribution in [0.3, 0.4) is 0 Å². The van der Waals surface area contributed by atoms with Gasteiger partial charge in [-0.05, 0) is 51.6 Å². The Morgan fingerprint density at radius 3 is 2.16 bits per heavy atom. The molecule has 0 atom stereocenters. The van der Waals surface area contributed by atoms with E-state index < -0.39 is 0 Å². The number of esters is 1. The van der Waals surface area contributed by atoms with Crippen molar-refractivity contribution in [3.8, 4) is 0 Å². The Labute approximate surface area is 118 Å². The first-order valence-corrected chi connectivity index (χ1v) is 8.02. The van der Waals surface area contributed by atoms with Gasteiger partial charge in [0.05, 0.1) is 13.0 Å². The van der Waals surface area contributed by atoms with Crippen LogP contribution < -0.4 is 0 Å². The molecule has 3 nitrogen and oxygen atoms in total.